The van der Waals surface area contributed by atoms with Crippen LogP contribution in [0.4, 0.5) is 11.6 Å². The highest BCUT2D eigenvalue weighted by molar-refractivity contribution is 5.94. The van der Waals surface area contributed by atoms with Crippen LogP contribution in [0.2, 0.25) is 0 Å². The summed E-state index contributed by atoms with van der Waals surface area (Å²) in [5.41, 5.74) is 1.18. The summed E-state index contributed by atoms with van der Waals surface area (Å²) in [5.74, 6) is 1.01. The van der Waals surface area contributed by atoms with Crippen molar-refractivity contribution in [2.24, 2.45) is 0 Å². The molecule has 1 aromatic heterocycles. The lowest BCUT2D eigenvalue weighted by molar-refractivity contribution is -0.130. The Balaban J connectivity index is 1.64. The molecule has 0 bridgehead atoms. The molecule has 1 saturated heterocycles. The largest absolute Gasteiger partial charge is 0.489 e. The molecule has 28 heavy (non-hydrogen) atoms. The molecule has 0 saturated carbocycles. The Labute approximate surface area is 164 Å². The smallest absolute Gasteiger partial charge is 0.257 e. The second-order valence-corrected chi connectivity index (χ2v) is 6.88. The van der Waals surface area contributed by atoms with Crippen molar-refractivity contribution in [3.63, 3.8) is 0 Å². The lowest BCUT2D eigenvalue weighted by Gasteiger charge is -2.34. The first kappa shape index (κ1) is 19.6. The van der Waals surface area contributed by atoms with E-state index < -0.39 is 0 Å². The predicted octanol–water partition coefficient (Wildman–Crippen LogP) is 2.31. The molecule has 8 nitrogen and oxygen atoms in total. The van der Waals surface area contributed by atoms with Crippen LogP contribution in [0, 0.1) is 0 Å². The summed E-state index contributed by atoms with van der Waals surface area (Å²) in [4.78, 5) is 36.0. The van der Waals surface area contributed by atoms with Gasteiger partial charge in [-0.05, 0) is 26.0 Å². The zero-order chi connectivity index (χ0) is 20.1. The molecule has 0 spiro atoms. The highest BCUT2D eigenvalue weighted by Crippen LogP contribution is 2.27. The monoisotopic (exact) mass is 383 g/mol. The van der Waals surface area contributed by atoms with Crippen molar-refractivity contribution in [1.82, 2.24) is 19.8 Å². The second kappa shape index (κ2) is 8.69. The standard InChI is InChI=1S/C20H25N5O3/c1-14(2)28-18-7-5-4-6-17(18)23-20-21-12-16(13-22-20)19(27)25-10-8-24(9-11-25)15(3)26/h4-7,12-14H,8-11H2,1-3H3,(H,21,22,23). The molecule has 8 heteroatoms. The quantitative estimate of drug-likeness (QED) is 0.853. The van der Waals surface area contributed by atoms with Crippen molar-refractivity contribution in [3.8, 4) is 5.75 Å². The van der Waals surface area contributed by atoms with Crippen molar-refractivity contribution < 1.29 is 14.3 Å². The fourth-order valence-corrected chi connectivity index (χ4v) is 2.96. The van der Waals surface area contributed by atoms with E-state index in [1.54, 1.807) is 16.7 Å². The number of carbonyl (C=O) groups is 2. The van der Waals surface area contributed by atoms with Gasteiger partial charge in [-0.15, -0.1) is 0 Å². The molecule has 0 radical (unpaired) electrons. The Kier molecular flexibility index (Phi) is 6.08. The molecule has 0 atom stereocenters. The zero-order valence-corrected chi connectivity index (χ0v) is 16.4. The van der Waals surface area contributed by atoms with Crippen LogP contribution in [-0.2, 0) is 4.79 Å². The third-order valence-corrected chi connectivity index (χ3v) is 4.41. The summed E-state index contributed by atoms with van der Waals surface area (Å²) in [6.45, 7) is 7.59. The summed E-state index contributed by atoms with van der Waals surface area (Å²) in [7, 11) is 0. The van der Waals surface area contributed by atoms with Gasteiger partial charge in [0.2, 0.25) is 11.9 Å². The van der Waals surface area contributed by atoms with E-state index in [2.05, 4.69) is 15.3 Å². The van der Waals surface area contributed by atoms with Crippen LogP contribution in [0.1, 0.15) is 31.1 Å². The minimum absolute atomic E-state index is 0.0348. The Morgan fingerprint density at radius 2 is 1.64 bits per heavy atom. The third-order valence-electron chi connectivity index (χ3n) is 4.41. The Morgan fingerprint density at radius 1 is 1.04 bits per heavy atom. The average Bonchev–Trinajstić information content (AvgIpc) is 2.69. The van der Waals surface area contributed by atoms with Gasteiger partial charge in [0.25, 0.3) is 5.91 Å². The predicted molar refractivity (Wildman–Crippen MR) is 106 cm³/mol. The van der Waals surface area contributed by atoms with Crippen molar-refractivity contribution >= 4 is 23.5 Å². The summed E-state index contributed by atoms with van der Waals surface area (Å²) >= 11 is 0. The van der Waals surface area contributed by atoms with Crippen LogP contribution in [0.5, 0.6) is 5.75 Å². The van der Waals surface area contributed by atoms with Gasteiger partial charge >= 0.3 is 0 Å². The number of aromatic nitrogens is 2. The van der Waals surface area contributed by atoms with E-state index in [9.17, 15) is 9.59 Å². The number of amides is 2. The lowest BCUT2D eigenvalue weighted by atomic mass is 10.2. The minimum atomic E-state index is -0.127. The Hall–Kier alpha value is -3.16. The molecule has 0 unspecified atom stereocenters. The van der Waals surface area contributed by atoms with Crippen molar-refractivity contribution in [1.29, 1.82) is 0 Å². The van der Waals surface area contributed by atoms with E-state index in [4.69, 9.17) is 4.74 Å². The van der Waals surface area contributed by atoms with Gasteiger partial charge in [0.05, 0.1) is 17.4 Å². The van der Waals surface area contributed by atoms with Crippen molar-refractivity contribution in [2.45, 2.75) is 26.9 Å². The van der Waals surface area contributed by atoms with Crippen LogP contribution < -0.4 is 10.1 Å². The van der Waals surface area contributed by atoms with E-state index in [1.165, 1.54) is 12.4 Å². The maximum Gasteiger partial charge on any atom is 0.257 e. The number of rotatable bonds is 5. The first-order chi connectivity index (χ1) is 13.4. The van der Waals surface area contributed by atoms with E-state index in [0.29, 0.717) is 43.4 Å². The van der Waals surface area contributed by atoms with Gasteiger partial charge in [-0.1, -0.05) is 12.1 Å². The number of piperazine rings is 1. The number of para-hydroxylation sites is 2. The Morgan fingerprint density at radius 3 is 2.25 bits per heavy atom. The molecule has 148 valence electrons. The molecular formula is C20H25N5O3. The van der Waals surface area contributed by atoms with E-state index in [0.717, 1.165) is 5.69 Å². The number of carbonyl (C=O) groups excluding carboxylic acids is 2. The average molecular weight is 383 g/mol. The van der Waals surface area contributed by atoms with Gasteiger partial charge in [0.15, 0.2) is 0 Å². The van der Waals surface area contributed by atoms with Gasteiger partial charge in [0.1, 0.15) is 5.75 Å². The normalized spacial score (nSPS) is 14.1. The number of nitrogens with zero attached hydrogens (tertiary/aromatic N) is 4. The van der Waals surface area contributed by atoms with Crippen molar-refractivity contribution in [2.75, 3.05) is 31.5 Å². The van der Waals surface area contributed by atoms with Crippen molar-refractivity contribution in [3.05, 3.63) is 42.2 Å². The molecule has 1 aliphatic rings. The first-order valence-electron chi connectivity index (χ1n) is 9.33. The van der Waals surface area contributed by atoms with Crippen LogP contribution in [-0.4, -0.2) is 63.9 Å². The third kappa shape index (κ3) is 4.76. The summed E-state index contributed by atoms with van der Waals surface area (Å²) in [6.07, 6.45) is 3.08. The summed E-state index contributed by atoms with van der Waals surface area (Å²) in [5, 5.41) is 3.13. The molecule has 1 aliphatic heterocycles. The highest BCUT2D eigenvalue weighted by atomic mass is 16.5. The van der Waals surface area contributed by atoms with Crippen LogP contribution in [0.25, 0.3) is 0 Å². The molecule has 2 heterocycles. The molecule has 1 fully saturated rings. The number of ether oxygens (including phenoxy) is 1. The molecule has 3 rings (SSSR count). The number of benzene rings is 1. The van der Waals surface area contributed by atoms with Crippen LogP contribution >= 0.6 is 0 Å². The molecule has 1 aromatic carbocycles. The van der Waals surface area contributed by atoms with E-state index in [-0.39, 0.29) is 17.9 Å². The highest BCUT2D eigenvalue weighted by Gasteiger charge is 2.23. The molecule has 0 aliphatic carbocycles. The maximum atomic E-state index is 12.6. The molecular weight excluding hydrogens is 358 g/mol. The summed E-state index contributed by atoms with van der Waals surface area (Å²) < 4.78 is 5.78. The number of hydrogen-bond acceptors (Lipinski definition) is 6. The van der Waals surface area contributed by atoms with Crippen LogP contribution in [0.3, 0.4) is 0 Å². The fourth-order valence-electron chi connectivity index (χ4n) is 2.96. The SMILES string of the molecule is CC(=O)N1CCN(C(=O)c2cnc(Nc3ccccc3OC(C)C)nc2)CC1. The van der Waals surface area contributed by atoms with Gasteiger partial charge in [0, 0.05) is 45.5 Å². The summed E-state index contributed by atoms with van der Waals surface area (Å²) in [6, 6.07) is 7.56. The second-order valence-electron chi connectivity index (χ2n) is 6.88. The maximum absolute atomic E-state index is 12.6. The van der Waals surface area contributed by atoms with E-state index in [1.807, 2.05) is 38.1 Å². The topological polar surface area (TPSA) is 87.7 Å². The fraction of sp³-hybridized carbons (Fsp3) is 0.400. The number of anilines is 2. The van der Waals surface area contributed by atoms with Gasteiger partial charge < -0.3 is 19.9 Å². The van der Waals surface area contributed by atoms with Crippen LogP contribution in [0.15, 0.2) is 36.7 Å². The minimum Gasteiger partial charge on any atom is -0.489 e. The Bertz CT molecular complexity index is 830. The number of nitrogens with one attached hydrogen (secondary N) is 1. The molecule has 2 aromatic rings. The van der Waals surface area contributed by atoms with Gasteiger partial charge in [-0.2, -0.15) is 0 Å². The molecule has 2 amide bonds. The first-order valence-corrected chi connectivity index (χ1v) is 9.33. The zero-order valence-electron chi connectivity index (χ0n) is 16.4. The van der Waals surface area contributed by atoms with Gasteiger partial charge in [-0.3, -0.25) is 9.59 Å². The van der Waals surface area contributed by atoms with E-state index >= 15 is 0 Å². The van der Waals surface area contributed by atoms with Gasteiger partial charge in [-0.25, -0.2) is 9.97 Å². The molecule has 1 N–H and O–H groups in total. The lowest BCUT2D eigenvalue weighted by Crippen LogP contribution is -2.50. The number of hydrogen-bond donors (Lipinski definition) is 1.